The normalized spacial score (nSPS) is 27.7. The lowest BCUT2D eigenvalue weighted by molar-refractivity contribution is -0.315. The Bertz CT molecular complexity index is 720. The van der Waals surface area contributed by atoms with E-state index in [2.05, 4.69) is 0 Å². The molecule has 6 N–H and O–H groups in total. The molecule has 0 amide bonds. The molecule has 1 aromatic rings. The predicted octanol–water partition coefficient (Wildman–Crippen LogP) is -1.87. The van der Waals surface area contributed by atoms with E-state index in [-0.39, 0.29) is 11.5 Å². The van der Waals surface area contributed by atoms with E-state index < -0.39 is 62.6 Å². The topological polar surface area (TPSA) is 175 Å². The number of carbonyl (C=O) groups is 1. The minimum Gasteiger partial charge on any atom is -0.504 e. The highest BCUT2D eigenvalue weighted by atomic mass is 16.7. The minimum atomic E-state index is -1.64. The molecule has 1 saturated heterocycles. The Morgan fingerprint density at radius 3 is 2.57 bits per heavy atom. The van der Waals surface area contributed by atoms with Gasteiger partial charge in [0.05, 0.1) is 20.3 Å². The van der Waals surface area contributed by atoms with E-state index in [0.29, 0.717) is 5.56 Å². The summed E-state index contributed by atoms with van der Waals surface area (Å²) in [6.45, 7) is -1.62. The molecule has 0 aliphatic carbocycles. The van der Waals surface area contributed by atoms with Gasteiger partial charge in [0.1, 0.15) is 37.1 Å². The molecule has 1 heterocycles. The van der Waals surface area contributed by atoms with Crippen molar-refractivity contribution in [3.63, 3.8) is 0 Å². The summed E-state index contributed by atoms with van der Waals surface area (Å²) in [4.78, 5) is 11.9. The number of hydrogen-bond donors (Lipinski definition) is 6. The standard InChI is InChI=1S/C19H26O11/c1-27-13-6-10(2-4-12(13)22)3-5-15(23)28-9-11(7-20)29-19-18(26)17(25)16(24)14(8-21)30-19/h2-6,11,14,16-22,24-26H,7-9H2,1H3/t11-,14+,16-,17-,18-,19-/m0/s1. The molecule has 1 fully saturated rings. The number of aliphatic hydroxyl groups is 5. The monoisotopic (exact) mass is 430 g/mol. The van der Waals surface area contributed by atoms with Crippen molar-refractivity contribution in [2.75, 3.05) is 26.9 Å². The van der Waals surface area contributed by atoms with E-state index in [1.807, 2.05) is 0 Å². The summed E-state index contributed by atoms with van der Waals surface area (Å²) in [7, 11) is 1.39. The number of hydrogen-bond acceptors (Lipinski definition) is 11. The fourth-order valence-electron chi connectivity index (χ4n) is 2.69. The van der Waals surface area contributed by atoms with Crippen molar-refractivity contribution in [3.05, 3.63) is 29.8 Å². The molecule has 30 heavy (non-hydrogen) atoms. The van der Waals surface area contributed by atoms with Gasteiger partial charge in [0.15, 0.2) is 17.8 Å². The second kappa shape index (κ2) is 11.2. The molecule has 6 atom stereocenters. The molecule has 0 bridgehead atoms. The lowest BCUT2D eigenvalue weighted by Crippen LogP contribution is -2.60. The van der Waals surface area contributed by atoms with Crippen molar-refractivity contribution in [1.29, 1.82) is 0 Å². The van der Waals surface area contributed by atoms with E-state index in [9.17, 15) is 35.4 Å². The molecule has 1 aliphatic heterocycles. The fraction of sp³-hybridized carbons (Fsp3) is 0.526. The van der Waals surface area contributed by atoms with Gasteiger partial charge < -0.3 is 49.6 Å². The number of phenolic OH excluding ortho intramolecular Hbond substituents is 1. The largest absolute Gasteiger partial charge is 0.504 e. The number of aliphatic hydroxyl groups excluding tert-OH is 5. The molecule has 0 saturated carbocycles. The van der Waals surface area contributed by atoms with Crippen LogP contribution in [0.2, 0.25) is 0 Å². The van der Waals surface area contributed by atoms with Gasteiger partial charge >= 0.3 is 5.97 Å². The lowest BCUT2D eigenvalue weighted by Gasteiger charge is -2.40. The summed E-state index contributed by atoms with van der Waals surface area (Å²) in [5, 5.41) is 57.6. The Hall–Kier alpha value is -2.25. The van der Waals surface area contributed by atoms with Crippen LogP contribution < -0.4 is 4.74 Å². The van der Waals surface area contributed by atoms with E-state index in [1.165, 1.54) is 25.3 Å². The molecule has 11 heteroatoms. The van der Waals surface area contributed by atoms with Crippen LogP contribution >= 0.6 is 0 Å². The van der Waals surface area contributed by atoms with Gasteiger partial charge in [-0.25, -0.2) is 4.79 Å². The maximum Gasteiger partial charge on any atom is 0.330 e. The van der Waals surface area contributed by atoms with Gasteiger partial charge in [0, 0.05) is 6.08 Å². The van der Waals surface area contributed by atoms with E-state index in [4.69, 9.17) is 18.9 Å². The van der Waals surface area contributed by atoms with Gasteiger partial charge in [-0.05, 0) is 23.8 Å². The number of rotatable bonds is 9. The first kappa shape index (κ1) is 24.0. The van der Waals surface area contributed by atoms with Crippen molar-refractivity contribution >= 4 is 12.0 Å². The van der Waals surface area contributed by atoms with Crippen LogP contribution in [0, 0.1) is 0 Å². The number of ether oxygens (including phenoxy) is 4. The zero-order valence-electron chi connectivity index (χ0n) is 16.2. The summed E-state index contributed by atoms with van der Waals surface area (Å²) in [6, 6.07) is 4.47. The molecule has 0 unspecified atom stereocenters. The Morgan fingerprint density at radius 2 is 1.93 bits per heavy atom. The number of methoxy groups -OCH3 is 1. The highest BCUT2D eigenvalue weighted by molar-refractivity contribution is 5.87. The molecule has 1 aromatic carbocycles. The van der Waals surface area contributed by atoms with Crippen LogP contribution in [0.4, 0.5) is 0 Å². The second-order valence-corrected chi connectivity index (χ2v) is 6.53. The zero-order valence-corrected chi connectivity index (χ0v) is 16.2. The SMILES string of the molecule is COc1cc(C=CC(=O)OC[C@H](CO)O[C@H]2O[C@H](CO)[C@H](O)[C@H](O)[C@@H]2O)ccc1O. The molecule has 1 aliphatic rings. The molecule has 0 radical (unpaired) electrons. The third-order valence-electron chi connectivity index (χ3n) is 4.41. The van der Waals surface area contributed by atoms with Crippen LogP contribution in [-0.4, -0.2) is 100 Å². The van der Waals surface area contributed by atoms with Crippen LogP contribution in [0.25, 0.3) is 6.08 Å². The Labute approximate surface area is 172 Å². The number of phenols is 1. The number of benzene rings is 1. The fourth-order valence-corrected chi connectivity index (χ4v) is 2.69. The van der Waals surface area contributed by atoms with Gasteiger partial charge in [-0.3, -0.25) is 0 Å². The summed E-state index contributed by atoms with van der Waals surface area (Å²) in [5.74, 6) is -0.565. The molecule has 0 aromatic heterocycles. The zero-order chi connectivity index (χ0) is 22.3. The predicted molar refractivity (Wildman–Crippen MR) is 100 cm³/mol. The first-order valence-corrected chi connectivity index (χ1v) is 9.09. The van der Waals surface area contributed by atoms with E-state index >= 15 is 0 Å². The van der Waals surface area contributed by atoms with Crippen molar-refractivity contribution in [3.8, 4) is 11.5 Å². The number of carbonyl (C=O) groups excluding carboxylic acids is 1. The maximum absolute atomic E-state index is 11.9. The van der Waals surface area contributed by atoms with Gasteiger partial charge in [0.25, 0.3) is 0 Å². The van der Waals surface area contributed by atoms with Crippen molar-refractivity contribution in [2.24, 2.45) is 0 Å². The third kappa shape index (κ3) is 6.12. The van der Waals surface area contributed by atoms with E-state index in [1.54, 1.807) is 6.07 Å². The van der Waals surface area contributed by atoms with Gasteiger partial charge in [-0.15, -0.1) is 0 Å². The Balaban J connectivity index is 1.89. The molecule has 0 spiro atoms. The average molecular weight is 430 g/mol. The molecule has 11 nitrogen and oxygen atoms in total. The van der Waals surface area contributed by atoms with Crippen LogP contribution in [0.5, 0.6) is 11.5 Å². The van der Waals surface area contributed by atoms with Crippen LogP contribution in [0.1, 0.15) is 5.56 Å². The van der Waals surface area contributed by atoms with Gasteiger partial charge in [-0.2, -0.15) is 0 Å². The number of aromatic hydroxyl groups is 1. The highest BCUT2D eigenvalue weighted by Crippen LogP contribution is 2.27. The molecular formula is C19H26O11. The smallest absolute Gasteiger partial charge is 0.330 e. The summed E-state index contributed by atoms with van der Waals surface area (Å²) < 4.78 is 20.4. The minimum absolute atomic E-state index is 0.0478. The molecular weight excluding hydrogens is 404 g/mol. The van der Waals surface area contributed by atoms with Crippen LogP contribution in [0.15, 0.2) is 24.3 Å². The van der Waals surface area contributed by atoms with Crippen LogP contribution in [0.3, 0.4) is 0 Å². The Kier molecular flexibility index (Phi) is 8.99. The first-order chi connectivity index (χ1) is 14.3. The maximum atomic E-state index is 11.9. The van der Waals surface area contributed by atoms with E-state index in [0.717, 1.165) is 6.08 Å². The van der Waals surface area contributed by atoms with Crippen molar-refractivity contribution < 1.29 is 54.4 Å². The van der Waals surface area contributed by atoms with Crippen molar-refractivity contribution in [1.82, 2.24) is 0 Å². The second-order valence-electron chi connectivity index (χ2n) is 6.53. The summed E-state index contributed by atoms with van der Waals surface area (Å²) in [6.07, 6.45) is -6.00. The lowest BCUT2D eigenvalue weighted by atomic mass is 9.99. The third-order valence-corrected chi connectivity index (χ3v) is 4.41. The van der Waals surface area contributed by atoms with Gasteiger partial charge in [0.2, 0.25) is 0 Å². The van der Waals surface area contributed by atoms with Gasteiger partial charge in [-0.1, -0.05) is 6.07 Å². The van der Waals surface area contributed by atoms with Crippen LogP contribution in [-0.2, 0) is 19.0 Å². The molecule has 2 rings (SSSR count). The van der Waals surface area contributed by atoms with Crippen molar-refractivity contribution in [2.45, 2.75) is 36.8 Å². The first-order valence-electron chi connectivity index (χ1n) is 9.09. The summed E-state index contributed by atoms with van der Waals surface area (Å²) >= 11 is 0. The highest BCUT2D eigenvalue weighted by Gasteiger charge is 2.44. The quantitative estimate of drug-likeness (QED) is 0.191. The average Bonchev–Trinajstić information content (AvgIpc) is 2.75. The summed E-state index contributed by atoms with van der Waals surface area (Å²) in [5.41, 5.74) is 0.567. The molecule has 168 valence electrons. The Morgan fingerprint density at radius 1 is 1.20 bits per heavy atom. The number of esters is 1.